The molecule has 0 aliphatic rings. The van der Waals surface area contributed by atoms with Gasteiger partial charge in [-0.25, -0.2) is 0 Å². The van der Waals surface area contributed by atoms with Crippen molar-refractivity contribution in [1.82, 2.24) is 0 Å². The van der Waals surface area contributed by atoms with Crippen molar-refractivity contribution in [3.05, 3.63) is 0 Å². The van der Waals surface area contributed by atoms with Crippen molar-refractivity contribution < 1.29 is 5.11 Å². The molecule has 0 aromatic heterocycles. The summed E-state index contributed by atoms with van der Waals surface area (Å²) in [6.07, 6.45) is 2.96. The number of aliphatic hydroxyl groups excluding tert-OH is 1. The predicted molar refractivity (Wildman–Crippen MR) is 44.4 cm³/mol. The summed E-state index contributed by atoms with van der Waals surface area (Å²) in [7, 11) is 0. The average molecular weight is 228 g/mol. The highest BCUT2D eigenvalue weighted by Gasteiger charge is 1.98. The van der Waals surface area contributed by atoms with Crippen molar-refractivity contribution in [3.8, 4) is 0 Å². The van der Waals surface area contributed by atoms with Gasteiger partial charge < -0.3 is 5.11 Å². The van der Waals surface area contributed by atoms with Crippen LogP contribution in [0.5, 0.6) is 0 Å². The minimum atomic E-state index is -0.0445. The molecule has 0 radical (unpaired) electrons. The molecule has 8 heavy (non-hydrogen) atoms. The van der Waals surface area contributed by atoms with E-state index < -0.39 is 0 Å². The van der Waals surface area contributed by atoms with Gasteiger partial charge in [-0.05, 0) is 12.8 Å². The lowest BCUT2D eigenvalue weighted by atomic mass is 10.2. The first kappa shape index (κ1) is 8.69. The van der Waals surface area contributed by atoms with Crippen LogP contribution in [0.25, 0.3) is 0 Å². The molecule has 0 amide bonds. The molecule has 1 nitrogen and oxygen atoms in total. The molecule has 0 rings (SSSR count). The van der Waals surface area contributed by atoms with E-state index in [2.05, 4.69) is 29.5 Å². The van der Waals surface area contributed by atoms with Gasteiger partial charge in [-0.15, -0.1) is 0 Å². The smallest absolute Gasteiger partial charge is 0.0547 e. The number of hydrogen-bond donors (Lipinski definition) is 1. The maximum Gasteiger partial charge on any atom is 0.0547 e. The van der Waals surface area contributed by atoms with E-state index in [1.807, 2.05) is 0 Å². The lowest BCUT2D eigenvalue weighted by Gasteiger charge is -2.04. The van der Waals surface area contributed by atoms with Crippen molar-refractivity contribution in [3.63, 3.8) is 0 Å². The molecular formula is C6H13IO. The van der Waals surface area contributed by atoms with Crippen molar-refractivity contribution in [2.24, 2.45) is 0 Å². The van der Waals surface area contributed by atoms with Crippen LogP contribution < -0.4 is 0 Å². The monoisotopic (exact) mass is 228 g/mol. The second-order valence-corrected chi connectivity index (χ2v) is 3.00. The van der Waals surface area contributed by atoms with Gasteiger partial charge in [-0.1, -0.05) is 35.9 Å². The normalized spacial score (nSPS) is 13.9. The van der Waals surface area contributed by atoms with Gasteiger partial charge >= 0.3 is 0 Å². The van der Waals surface area contributed by atoms with Crippen molar-refractivity contribution in [2.45, 2.75) is 32.3 Å². The van der Waals surface area contributed by atoms with Gasteiger partial charge in [-0.2, -0.15) is 0 Å². The second-order valence-electron chi connectivity index (χ2n) is 1.92. The molecule has 1 unspecified atom stereocenters. The molecule has 0 aliphatic carbocycles. The summed E-state index contributed by atoms with van der Waals surface area (Å²) in [6.45, 7) is 2.09. The zero-order valence-corrected chi connectivity index (χ0v) is 7.39. The van der Waals surface area contributed by atoms with Crippen LogP contribution in [0, 0.1) is 0 Å². The lowest BCUT2D eigenvalue weighted by molar-refractivity contribution is 0.161. The topological polar surface area (TPSA) is 20.2 Å². The molecule has 0 spiro atoms. The minimum Gasteiger partial charge on any atom is -0.393 e. The predicted octanol–water partition coefficient (Wildman–Crippen LogP) is 1.97. The first-order chi connectivity index (χ1) is 3.81. The zero-order valence-electron chi connectivity index (χ0n) is 5.23. The molecular weight excluding hydrogens is 215 g/mol. The number of halogens is 1. The number of rotatable bonds is 4. The van der Waals surface area contributed by atoms with Crippen LogP contribution in [0.2, 0.25) is 0 Å². The highest BCUT2D eigenvalue weighted by Crippen LogP contribution is 2.02. The fourth-order valence-electron chi connectivity index (χ4n) is 0.604. The van der Waals surface area contributed by atoms with Crippen molar-refractivity contribution in [1.29, 1.82) is 0 Å². The Morgan fingerprint density at radius 3 is 2.50 bits per heavy atom. The third kappa shape index (κ3) is 4.84. The Hall–Kier alpha value is 0.690. The summed E-state index contributed by atoms with van der Waals surface area (Å²) in [5, 5.41) is 9.04. The minimum absolute atomic E-state index is 0.0445. The van der Waals surface area contributed by atoms with Gasteiger partial charge in [0.05, 0.1) is 6.10 Å². The lowest BCUT2D eigenvalue weighted by Crippen LogP contribution is -2.05. The van der Waals surface area contributed by atoms with E-state index in [4.69, 9.17) is 5.11 Å². The van der Waals surface area contributed by atoms with Gasteiger partial charge in [-0.3, -0.25) is 0 Å². The van der Waals surface area contributed by atoms with Crippen LogP contribution >= 0.6 is 22.6 Å². The highest BCUT2D eigenvalue weighted by atomic mass is 127. The first-order valence-corrected chi connectivity index (χ1v) is 4.57. The van der Waals surface area contributed by atoms with Crippen molar-refractivity contribution >= 4 is 22.6 Å². The van der Waals surface area contributed by atoms with Crippen LogP contribution in [-0.4, -0.2) is 15.6 Å². The Bertz CT molecular complexity index is 41.8. The molecule has 0 heterocycles. The maximum absolute atomic E-state index is 9.04. The summed E-state index contributed by atoms with van der Waals surface area (Å²) in [4.78, 5) is 0. The number of aliphatic hydroxyl groups is 1. The molecule has 50 valence electrons. The number of alkyl halides is 1. The first-order valence-electron chi connectivity index (χ1n) is 3.05. The second kappa shape index (κ2) is 5.82. The SMILES string of the molecule is CCCC(O)CCI. The van der Waals surface area contributed by atoms with Gasteiger partial charge in [0.25, 0.3) is 0 Å². The molecule has 0 aliphatic heterocycles. The molecule has 2 heteroatoms. The van der Waals surface area contributed by atoms with E-state index in [0.29, 0.717) is 0 Å². The van der Waals surface area contributed by atoms with Crippen LogP contribution in [0.4, 0.5) is 0 Å². The molecule has 0 aromatic carbocycles. The van der Waals surface area contributed by atoms with Gasteiger partial charge in [0, 0.05) is 4.43 Å². The Balaban J connectivity index is 2.92. The molecule has 1 N–H and O–H groups in total. The number of hydrogen-bond acceptors (Lipinski definition) is 1. The van der Waals surface area contributed by atoms with Gasteiger partial charge in [0.2, 0.25) is 0 Å². The van der Waals surface area contributed by atoms with E-state index in [0.717, 1.165) is 23.7 Å². The fraction of sp³-hybridized carbons (Fsp3) is 1.00. The Morgan fingerprint density at radius 2 is 2.12 bits per heavy atom. The van der Waals surface area contributed by atoms with Crippen LogP contribution in [0.3, 0.4) is 0 Å². The Labute approximate surface area is 64.6 Å². The average Bonchev–Trinajstić information content (AvgIpc) is 1.68. The van der Waals surface area contributed by atoms with Gasteiger partial charge in [0.15, 0.2) is 0 Å². The molecule has 0 fully saturated rings. The Kier molecular flexibility index (Phi) is 6.32. The van der Waals surface area contributed by atoms with Crippen molar-refractivity contribution in [2.75, 3.05) is 4.43 Å². The van der Waals surface area contributed by atoms with Gasteiger partial charge in [0.1, 0.15) is 0 Å². The summed E-state index contributed by atoms with van der Waals surface area (Å²) in [6, 6.07) is 0. The van der Waals surface area contributed by atoms with E-state index in [-0.39, 0.29) is 6.10 Å². The third-order valence-electron chi connectivity index (χ3n) is 1.06. The molecule has 0 saturated heterocycles. The van der Waals surface area contributed by atoms with Crippen LogP contribution in [0.1, 0.15) is 26.2 Å². The van der Waals surface area contributed by atoms with E-state index in [1.165, 1.54) is 0 Å². The Morgan fingerprint density at radius 1 is 1.50 bits per heavy atom. The van der Waals surface area contributed by atoms with Crippen LogP contribution in [-0.2, 0) is 0 Å². The standard InChI is InChI=1S/C6H13IO/c1-2-3-6(8)4-5-7/h6,8H,2-5H2,1H3. The maximum atomic E-state index is 9.04. The fourth-order valence-corrected chi connectivity index (χ4v) is 1.32. The molecule has 0 aromatic rings. The van der Waals surface area contributed by atoms with E-state index >= 15 is 0 Å². The molecule has 0 bridgehead atoms. The highest BCUT2D eigenvalue weighted by molar-refractivity contribution is 14.1. The quantitative estimate of drug-likeness (QED) is 0.576. The largest absolute Gasteiger partial charge is 0.393 e. The van der Waals surface area contributed by atoms with E-state index in [1.54, 1.807) is 0 Å². The molecule has 0 saturated carbocycles. The summed E-state index contributed by atoms with van der Waals surface area (Å²) >= 11 is 2.28. The summed E-state index contributed by atoms with van der Waals surface area (Å²) in [5.41, 5.74) is 0. The van der Waals surface area contributed by atoms with E-state index in [9.17, 15) is 0 Å². The summed E-state index contributed by atoms with van der Waals surface area (Å²) < 4.78 is 1.07. The van der Waals surface area contributed by atoms with Crippen LogP contribution in [0.15, 0.2) is 0 Å². The molecule has 1 atom stereocenters. The zero-order chi connectivity index (χ0) is 6.41. The third-order valence-corrected chi connectivity index (χ3v) is 1.69. The summed E-state index contributed by atoms with van der Waals surface area (Å²) in [5.74, 6) is 0.